The molecule has 0 saturated carbocycles. The summed E-state index contributed by atoms with van der Waals surface area (Å²) in [4.78, 5) is 28.7. The number of hydrogen-bond donors (Lipinski definition) is 0. The quantitative estimate of drug-likeness (QED) is 0.482. The van der Waals surface area contributed by atoms with Crippen molar-refractivity contribution >= 4 is 23.6 Å². The molecule has 0 spiro atoms. The van der Waals surface area contributed by atoms with Crippen LogP contribution in [0.25, 0.3) is 11.4 Å². The van der Waals surface area contributed by atoms with Crippen molar-refractivity contribution in [3.8, 4) is 0 Å². The molecule has 4 heteroatoms. The topological polar surface area (TPSA) is 58.9 Å². The van der Waals surface area contributed by atoms with Crippen LogP contribution < -0.4 is 0 Å². The average molecular weight is 262 g/mol. The molecule has 0 atom stereocenters. The van der Waals surface area contributed by atoms with E-state index >= 15 is 0 Å². The van der Waals surface area contributed by atoms with E-state index in [1.165, 1.54) is 12.2 Å². The Labute approximate surface area is 115 Å². The van der Waals surface area contributed by atoms with Crippen LogP contribution >= 0.6 is 0 Å². The van der Waals surface area contributed by atoms with Gasteiger partial charge in [-0.05, 0) is 0 Å². The second-order valence-corrected chi connectivity index (χ2v) is 3.84. The lowest BCUT2D eigenvalue weighted by Crippen LogP contribution is -1.89. The molecule has 0 amide bonds. The fourth-order valence-electron chi connectivity index (χ4n) is 1.79. The van der Waals surface area contributed by atoms with Crippen LogP contribution in [0.3, 0.4) is 0 Å². The van der Waals surface area contributed by atoms with Crippen molar-refractivity contribution in [2.24, 2.45) is 9.98 Å². The van der Waals surface area contributed by atoms with Crippen LogP contribution in [0.5, 0.6) is 0 Å². The van der Waals surface area contributed by atoms with Gasteiger partial charge in [0.15, 0.2) is 0 Å². The van der Waals surface area contributed by atoms with Crippen molar-refractivity contribution < 1.29 is 9.59 Å². The maximum absolute atomic E-state index is 10.7. The Morgan fingerprint density at radius 2 is 1.00 bits per heavy atom. The maximum Gasteiger partial charge on any atom is 0.240 e. The first-order valence-corrected chi connectivity index (χ1v) is 5.87. The summed E-state index contributed by atoms with van der Waals surface area (Å²) in [5.41, 5.74) is 1.92. The fraction of sp³-hybridized carbons (Fsp3) is 0. The average Bonchev–Trinajstić information content (AvgIpc) is 2.52. The second kappa shape index (κ2) is 6.76. The van der Waals surface area contributed by atoms with Crippen molar-refractivity contribution in [3.05, 3.63) is 71.8 Å². The lowest BCUT2D eigenvalue weighted by molar-refractivity contribution is 0.564. The van der Waals surface area contributed by atoms with Crippen molar-refractivity contribution in [1.82, 2.24) is 0 Å². The van der Waals surface area contributed by atoms with Crippen LogP contribution in [0.15, 0.2) is 70.6 Å². The Kier molecular flexibility index (Phi) is 4.52. The maximum atomic E-state index is 10.7. The van der Waals surface area contributed by atoms with E-state index in [4.69, 9.17) is 0 Å². The SMILES string of the molecule is O=C=NC(=C(N=C=O)c1ccccc1)c1ccccc1. The van der Waals surface area contributed by atoms with Crippen molar-refractivity contribution in [3.63, 3.8) is 0 Å². The van der Waals surface area contributed by atoms with Crippen molar-refractivity contribution in [2.45, 2.75) is 0 Å². The normalized spacial score (nSPS) is 10.8. The lowest BCUT2D eigenvalue weighted by atomic mass is 10.1. The van der Waals surface area contributed by atoms with Crippen molar-refractivity contribution in [1.29, 1.82) is 0 Å². The third-order valence-electron chi connectivity index (χ3n) is 2.63. The van der Waals surface area contributed by atoms with E-state index in [0.717, 1.165) is 0 Å². The molecule has 0 aliphatic rings. The molecule has 20 heavy (non-hydrogen) atoms. The van der Waals surface area contributed by atoms with E-state index in [9.17, 15) is 9.59 Å². The highest BCUT2D eigenvalue weighted by Gasteiger charge is 2.10. The van der Waals surface area contributed by atoms with Gasteiger partial charge in [0, 0.05) is 11.1 Å². The number of nitrogens with zero attached hydrogens (tertiary/aromatic N) is 2. The summed E-state index contributed by atoms with van der Waals surface area (Å²) < 4.78 is 0. The Hall–Kier alpha value is -3.06. The Balaban J connectivity index is 2.73. The molecule has 0 heterocycles. The van der Waals surface area contributed by atoms with Gasteiger partial charge in [-0.1, -0.05) is 60.7 Å². The van der Waals surface area contributed by atoms with Crippen LogP contribution in [-0.4, -0.2) is 12.2 Å². The van der Waals surface area contributed by atoms with Gasteiger partial charge in [0.2, 0.25) is 12.2 Å². The summed E-state index contributed by atoms with van der Waals surface area (Å²) >= 11 is 0. The second-order valence-electron chi connectivity index (χ2n) is 3.84. The molecule has 0 N–H and O–H groups in total. The van der Waals surface area contributed by atoms with E-state index in [-0.39, 0.29) is 11.4 Å². The third-order valence-corrected chi connectivity index (χ3v) is 2.63. The monoisotopic (exact) mass is 262 g/mol. The van der Waals surface area contributed by atoms with Crippen LogP contribution in [0.1, 0.15) is 11.1 Å². The molecule has 0 fully saturated rings. The Morgan fingerprint density at radius 1 is 0.650 bits per heavy atom. The highest BCUT2D eigenvalue weighted by atomic mass is 16.1. The highest BCUT2D eigenvalue weighted by molar-refractivity contribution is 5.92. The smallest absolute Gasteiger partial charge is 0.211 e. The zero-order valence-electron chi connectivity index (χ0n) is 10.5. The molecule has 0 saturated heterocycles. The molecule has 2 aromatic rings. The summed E-state index contributed by atoms with van der Waals surface area (Å²) in [6, 6.07) is 18.0. The van der Waals surface area contributed by atoms with Crippen LogP contribution in [-0.2, 0) is 9.59 Å². The van der Waals surface area contributed by atoms with Gasteiger partial charge < -0.3 is 0 Å². The number of carbonyl (C=O) groups excluding carboxylic acids is 2. The van der Waals surface area contributed by atoms with Gasteiger partial charge in [-0.15, -0.1) is 0 Å². The van der Waals surface area contributed by atoms with Crippen LogP contribution in [0, 0.1) is 0 Å². The largest absolute Gasteiger partial charge is 0.240 e. The summed E-state index contributed by atoms with van der Waals surface area (Å²) in [5.74, 6) is 0. The van der Waals surface area contributed by atoms with Crippen LogP contribution in [0.4, 0.5) is 0 Å². The number of isocyanates is 2. The van der Waals surface area contributed by atoms with E-state index < -0.39 is 0 Å². The molecule has 2 rings (SSSR count). The van der Waals surface area contributed by atoms with Gasteiger partial charge >= 0.3 is 0 Å². The van der Waals surface area contributed by atoms with Gasteiger partial charge in [0.05, 0.1) is 0 Å². The predicted octanol–water partition coefficient (Wildman–Crippen LogP) is 3.18. The van der Waals surface area contributed by atoms with E-state index in [0.29, 0.717) is 11.1 Å². The molecule has 0 aliphatic heterocycles. The molecule has 0 aromatic heterocycles. The zero-order chi connectivity index (χ0) is 14.2. The number of hydrogen-bond acceptors (Lipinski definition) is 4. The number of rotatable bonds is 4. The summed E-state index contributed by atoms with van der Waals surface area (Å²) in [7, 11) is 0. The van der Waals surface area contributed by atoms with E-state index in [1.807, 2.05) is 36.4 Å². The molecule has 0 radical (unpaired) electrons. The summed E-state index contributed by atoms with van der Waals surface area (Å²) in [6.45, 7) is 0. The first-order chi connectivity index (χ1) is 9.86. The molecule has 2 aromatic carbocycles. The van der Waals surface area contributed by atoms with Crippen LogP contribution in [0.2, 0.25) is 0 Å². The number of aliphatic imine (C=N–C) groups is 2. The standard InChI is InChI=1S/C16H10N2O2/c19-11-17-15(13-7-3-1-4-8-13)16(18-12-20)14-9-5-2-6-10-14/h1-10H. The van der Waals surface area contributed by atoms with Gasteiger partial charge in [0.1, 0.15) is 11.4 Å². The summed E-state index contributed by atoms with van der Waals surface area (Å²) in [6.07, 6.45) is 3.00. The molecule has 0 unspecified atom stereocenters. The Bertz CT molecular complexity index is 645. The third kappa shape index (κ3) is 3.03. The van der Waals surface area contributed by atoms with Gasteiger partial charge in [-0.25, -0.2) is 9.59 Å². The lowest BCUT2D eigenvalue weighted by Gasteiger charge is -2.06. The van der Waals surface area contributed by atoms with E-state index in [2.05, 4.69) is 9.98 Å². The molecule has 96 valence electrons. The first kappa shape index (κ1) is 13.4. The van der Waals surface area contributed by atoms with E-state index in [1.54, 1.807) is 24.3 Å². The molecule has 0 bridgehead atoms. The zero-order valence-corrected chi connectivity index (χ0v) is 10.5. The van der Waals surface area contributed by atoms with Gasteiger partial charge in [-0.3, -0.25) is 0 Å². The minimum absolute atomic E-state index is 0.287. The first-order valence-electron chi connectivity index (χ1n) is 5.87. The number of benzene rings is 2. The molecular weight excluding hydrogens is 252 g/mol. The fourth-order valence-corrected chi connectivity index (χ4v) is 1.79. The Morgan fingerprint density at radius 3 is 1.30 bits per heavy atom. The van der Waals surface area contributed by atoms with Crippen molar-refractivity contribution in [2.75, 3.05) is 0 Å². The van der Waals surface area contributed by atoms with Gasteiger partial charge in [0.25, 0.3) is 0 Å². The molecule has 0 aliphatic carbocycles. The molecular formula is C16H10N2O2. The minimum atomic E-state index is 0.287. The minimum Gasteiger partial charge on any atom is -0.211 e. The highest BCUT2D eigenvalue weighted by Crippen LogP contribution is 2.27. The molecule has 4 nitrogen and oxygen atoms in total. The van der Waals surface area contributed by atoms with Gasteiger partial charge in [-0.2, -0.15) is 9.98 Å². The predicted molar refractivity (Wildman–Crippen MR) is 75.9 cm³/mol. The summed E-state index contributed by atoms with van der Waals surface area (Å²) in [5, 5.41) is 0.